The molecule has 2 N–H and O–H groups in total. The van der Waals surface area contributed by atoms with Gasteiger partial charge in [-0.25, -0.2) is 9.38 Å². The maximum absolute atomic E-state index is 13.9. The van der Waals surface area contributed by atoms with Gasteiger partial charge in [-0.3, -0.25) is 0 Å². The van der Waals surface area contributed by atoms with E-state index in [1.807, 2.05) is 31.1 Å². The Bertz CT molecular complexity index is 536. The molecule has 0 bridgehead atoms. The zero-order valence-electron chi connectivity index (χ0n) is 15.2. The zero-order chi connectivity index (χ0) is 17.4. The van der Waals surface area contributed by atoms with Crippen LogP contribution >= 0.6 is 0 Å². The lowest BCUT2D eigenvalue weighted by Crippen LogP contribution is -2.44. The highest BCUT2D eigenvalue weighted by Crippen LogP contribution is 2.17. The molecule has 1 aliphatic carbocycles. The van der Waals surface area contributed by atoms with E-state index in [9.17, 15) is 4.39 Å². The third-order valence-electron chi connectivity index (χ3n) is 4.31. The quantitative estimate of drug-likeness (QED) is 0.619. The molecule has 0 saturated heterocycles. The fourth-order valence-corrected chi connectivity index (χ4v) is 3.12. The highest BCUT2D eigenvalue weighted by atomic mass is 19.1. The summed E-state index contributed by atoms with van der Waals surface area (Å²) in [7, 11) is 3.89. The van der Waals surface area contributed by atoms with Crippen molar-refractivity contribution >= 4 is 5.96 Å². The van der Waals surface area contributed by atoms with Gasteiger partial charge in [0, 0.05) is 24.7 Å². The Hall–Kier alpha value is -1.62. The largest absolute Gasteiger partial charge is 0.357 e. The fraction of sp³-hybridized carbons (Fsp3) is 0.632. The second kappa shape index (κ2) is 9.62. The number of aliphatic imine (C=N–C) groups is 1. The molecule has 1 aromatic rings. The Kier molecular flexibility index (Phi) is 7.50. The number of halogens is 1. The van der Waals surface area contributed by atoms with Crippen molar-refractivity contribution in [3.05, 3.63) is 35.1 Å². The van der Waals surface area contributed by atoms with Gasteiger partial charge in [0.2, 0.25) is 0 Å². The van der Waals surface area contributed by atoms with Crippen LogP contribution in [0.1, 0.15) is 50.2 Å². The van der Waals surface area contributed by atoms with Crippen molar-refractivity contribution < 1.29 is 4.39 Å². The molecule has 0 aromatic heterocycles. The molecule has 0 atom stereocenters. The van der Waals surface area contributed by atoms with E-state index in [-0.39, 0.29) is 5.82 Å². The third kappa shape index (κ3) is 6.11. The first-order valence-corrected chi connectivity index (χ1v) is 9.05. The van der Waals surface area contributed by atoms with Gasteiger partial charge in [0.25, 0.3) is 0 Å². The van der Waals surface area contributed by atoms with Crippen LogP contribution in [0, 0.1) is 5.82 Å². The first-order chi connectivity index (χ1) is 11.6. The maximum Gasteiger partial charge on any atom is 0.191 e. The van der Waals surface area contributed by atoms with Crippen LogP contribution in [-0.2, 0) is 13.1 Å². The van der Waals surface area contributed by atoms with Crippen LogP contribution in [0.4, 0.5) is 4.39 Å². The molecule has 0 radical (unpaired) electrons. The molecule has 0 spiro atoms. The molecule has 0 heterocycles. The predicted molar refractivity (Wildman–Crippen MR) is 98.6 cm³/mol. The number of benzene rings is 1. The highest BCUT2D eigenvalue weighted by molar-refractivity contribution is 5.80. The Morgan fingerprint density at radius 3 is 2.67 bits per heavy atom. The second-order valence-electron chi connectivity index (χ2n) is 6.84. The van der Waals surface area contributed by atoms with Crippen molar-refractivity contribution in [2.75, 3.05) is 20.6 Å². The number of nitrogens with zero attached hydrogens (tertiary/aromatic N) is 2. The van der Waals surface area contributed by atoms with Gasteiger partial charge in [-0.1, -0.05) is 25.3 Å². The lowest BCUT2D eigenvalue weighted by molar-refractivity contribution is 0.392. The molecule has 2 rings (SSSR count). The summed E-state index contributed by atoms with van der Waals surface area (Å²) >= 11 is 0. The average Bonchev–Trinajstić information content (AvgIpc) is 2.56. The molecular weight excluding hydrogens is 303 g/mol. The SMILES string of the molecule is CCNC(=NCc1ccc(F)c(CN(C)C)c1)NC1CCCCC1. The lowest BCUT2D eigenvalue weighted by Gasteiger charge is -2.24. The van der Waals surface area contributed by atoms with Crippen LogP contribution in [0.2, 0.25) is 0 Å². The average molecular weight is 334 g/mol. The van der Waals surface area contributed by atoms with Gasteiger partial charge in [0.05, 0.1) is 6.54 Å². The first-order valence-electron chi connectivity index (χ1n) is 9.05. The number of rotatable bonds is 6. The summed E-state index contributed by atoms with van der Waals surface area (Å²) in [5.41, 5.74) is 1.76. The van der Waals surface area contributed by atoms with Gasteiger partial charge >= 0.3 is 0 Å². The van der Waals surface area contributed by atoms with Gasteiger partial charge < -0.3 is 15.5 Å². The monoisotopic (exact) mass is 334 g/mol. The molecule has 1 aliphatic rings. The Morgan fingerprint density at radius 1 is 1.25 bits per heavy atom. The van der Waals surface area contributed by atoms with E-state index in [0.717, 1.165) is 23.6 Å². The van der Waals surface area contributed by atoms with Crippen LogP contribution in [0.25, 0.3) is 0 Å². The van der Waals surface area contributed by atoms with Crippen LogP contribution < -0.4 is 10.6 Å². The van der Waals surface area contributed by atoms with Crippen LogP contribution in [-0.4, -0.2) is 37.5 Å². The predicted octanol–water partition coefficient (Wildman–Crippen LogP) is 3.28. The number of guanidine groups is 1. The molecule has 5 heteroatoms. The van der Waals surface area contributed by atoms with E-state index in [1.54, 1.807) is 6.07 Å². The zero-order valence-corrected chi connectivity index (χ0v) is 15.2. The Morgan fingerprint density at radius 2 is 2.00 bits per heavy atom. The van der Waals surface area contributed by atoms with Crippen molar-refractivity contribution in [2.45, 2.75) is 58.2 Å². The minimum atomic E-state index is -0.149. The van der Waals surface area contributed by atoms with Gasteiger partial charge in [-0.2, -0.15) is 0 Å². The van der Waals surface area contributed by atoms with Crippen molar-refractivity contribution in [2.24, 2.45) is 4.99 Å². The topological polar surface area (TPSA) is 39.7 Å². The van der Waals surface area contributed by atoms with Crippen molar-refractivity contribution in [1.29, 1.82) is 0 Å². The normalized spacial score (nSPS) is 16.5. The molecular formula is C19H31FN4. The van der Waals surface area contributed by atoms with Crippen LogP contribution in [0.3, 0.4) is 0 Å². The van der Waals surface area contributed by atoms with E-state index < -0.39 is 0 Å². The van der Waals surface area contributed by atoms with Crippen LogP contribution in [0.15, 0.2) is 23.2 Å². The molecule has 134 valence electrons. The lowest BCUT2D eigenvalue weighted by atomic mass is 9.96. The molecule has 4 nitrogen and oxygen atoms in total. The van der Waals surface area contributed by atoms with Crippen molar-refractivity contribution in [1.82, 2.24) is 15.5 Å². The minimum absolute atomic E-state index is 0.149. The van der Waals surface area contributed by atoms with Gasteiger partial charge in [0.15, 0.2) is 5.96 Å². The van der Waals surface area contributed by atoms with E-state index in [2.05, 4.69) is 22.5 Å². The smallest absolute Gasteiger partial charge is 0.191 e. The standard InChI is InChI=1S/C19H31FN4/c1-4-21-19(23-17-8-6-5-7-9-17)22-13-15-10-11-18(20)16(12-15)14-24(2)3/h10-12,17H,4-9,13-14H2,1-3H3,(H2,21,22,23). The molecule has 0 aliphatic heterocycles. The first kappa shape index (κ1) is 18.7. The van der Waals surface area contributed by atoms with Crippen molar-refractivity contribution in [3.8, 4) is 0 Å². The summed E-state index contributed by atoms with van der Waals surface area (Å²) in [6.07, 6.45) is 6.36. The second-order valence-corrected chi connectivity index (χ2v) is 6.84. The molecule has 0 amide bonds. The summed E-state index contributed by atoms with van der Waals surface area (Å²) in [6, 6.07) is 5.81. The van der Waals surface area contributed by atoms with E-state index in [0.29, 0.717) is 19.1 Å². The summed E-state index contributed by atoms with van der Waals surface area (Å²) in [4.78, 5) is 6.66. The number of hydrogen-bond acceptors (Lipinski definition) is 2. The summed E-state index contributed by atoms with van der Waals surface area (Å²) in [6.45, 7) is 4.07. The van der Waals surface area contributed by atoms with Gasteiger partial charge in [-0.05, 0) is 51.6 Å². The minimum Gasteiger partial charge on any atom is -0.357 e. The third-order valence-corrected chi connectivity index (χ3v) is 4.31. The van der Waals surface area contributed by atoms with Crippen molar-refractivity contribution in [3.63, 3.8) is 0 Å². The van der Waals surface area contributed by atoms with E-state index in [1.165, 1.54) is 32.1 Å². The van der Waals surface area contributed by atoms with Crippen LogP contribution in [0.5, 0.6) is 0 Å². The molecule has 0 unspecified atom stereocenters. The Labute approximate surface area is 145 Å². The molecule has 1 fully saturated rings. The molecule has 1 saturated carbocycles. The fourth-order valence-electron chi connectivity index (χ4n) is 3.12. The van der Waals surface area contributed by atoms with Gasteiger partial charge in [-0.15, -0.1) is 0 Å². The number of nitrogens with one attached hydrogen (secondary N) is 2. The molecule has 24 heavy (non-hydrogen) atoms. The highest BCUT2D eigenvalue weighted by Gasteiger charge is 2.14. The van der Waals surface area contributed by atoms with Gasteiger partial charge in [0.1, 0.15) is 5.82 Å². The number of hydrogen-bond donors (Lipinski definition) is 2. The Balaban J connectivity index is 2.01. The summed E-state index contributed by atoms with van der Waals surface area (Å²) < 4.78 is 13.9. The maximum atomic E-state index is 13.9. The van der Waals surface area contributed by atoms with E-state index in [4.69, 9.17) is 0 Å². The summed E-state index contributed by atoms with van der Waals surface area (Å²) in [5.74, 6) is 0.714. The molecule has 1 aromatic carbocycles. The van der Waals surface area contributed by atoms with E-state index >= 15 is 0 Å². The summed E-state index contributed by atoms with van der Waals surface area (Å²) in [5, 5.41) is 6.86.